The molecule has 3 rings (SSSR count). The molecule has 5 nitrogen and oxygen atoms in total. The normalized spacial score (nSPS) is 10.6. The van der Waals surface area contributed by atoms with Gasteiger partial charge in [0.25, 0.3) is 5.91 Å². The second-order valence-corrected chi connectivity index (χ2v) is 6.48. The highest BCUT2D eigenvalue weighted by molar-refractivity contribution is 6.30. The van der Waals surface area contributed by atoms with Gasteiger partial charge < -0.3 is 14.2 Å². The smallest absolute Gasteiger partial charge is 0.261 e. The highest BCUT2D eigenvalue weighted by atomic mass is 35.5. The Kier molecular flexibility index (Phi) is 6.14. The predicted octanol–water partition coefficient (Wildman–Crippen LogP) is 5.02. The average molecular weight is 384 g/mol. The molecule has 2 heterocycles. The van der Waals surface area contributed by atoms with Gasteiger partial charge in [0.1, 0.15) is 12.1 Å². The van der Waals surface area contributed by atoms with Gasteiger partial charge in [-0.25, -0.2) is 4.98 Å². The van der Waals surface area contributed by atoms with Crippen molar-refractivity contribution in [3.8, 4) is 0 Å². The maximum absolute atomic E-state index is 13.0. The van der Waals surface area contributed by atoms with Crippen LogP contribution in [0.3, 0.4) is 0 Å². The van der Waals surface area contributed by atoms with Crippen LogP contribution >= 0.6 is 11.6 Å². The van der Waals surface area contributed by atoms with Crippen LogP contribution in [0.25, 0.3) is 0 Å². The van der Waals surface area contributed by atoms with Crippen LogP contribution in [0.1, 0.15) is 29.9 Å². The van der Waals surface area contributed by atoms with Crippen LogP contribution < -0.4 is 9.80 Å². The lowest BCUT2D eigenvalue weighted by atomic mass is 10.2. The maximum Gasteiger partial charge on any atom is 0.261 e. The molecule has 0 spiro atoms. The third kappa shape index (κ3) is 4.49. The minimum absolute atomic E-state index is 0.152. The third-order valence-corrected chi connectivity index (χ3v) is 4.60. The number of hydrogen-bond donors (Lipinski definition) is 0. The summed E-state index contributed by atoms with van der Waals surface area (Å²) in [5.74, 6) is 0.755. The molecule has 0 aliphatic carbocycles. The summed E-state index contributed by atoms with van der Waals surface area (Å²) in [6.07, 6.45) is 2.94. The van der Waals surface area contributed by atoms with Gasteiger partial charge in [0.05, 0.1) is 24.1 Å². The van der Waals surface area contributed by atoms with E-state index in [1.165, 1.54) is 12.5 Å². The van der Waals surface area contributed by atoms with E-state index in [2.05, 4.69) is 18.7 Å². The molecular weight excluding hydrogens is 362 g/mol. The quantitative estimate of drug-likeness (QED) is 0.574. The molecule has 0 unspecified atom stereocenters. The Hall–Kier alpha value is -2.79. The van der Waals surface area contributed by atoms with Crippen molar-refractivity contribution in [2.24, 2.45) is 0 Å². The molecule has 0 bridgehead atoms. The highest BCUT2D eigenvalue weighted by Crippen LogP contribution is 2.23. The number of amides is 1. The van der Waals surface area contributed by atoms with Gasteiger partial charge in [-0.15, -0.1) is 0 Å². The number of aromatic nitrogens is 1. The van der Waals surface area contributed by atoms with Crippen LogP contribution in [0.4, 0.5) is 11.5 Å². The van der Waals surface area contributed by atoms with Crippen molar-refractivity contribution in [1.29, 1.82) is 0 Å². The number of halogens is 1. The van der Waals surface area contributed by atoms with Gasteiger partial charge in [-0.05, 0) is 56.3 Å². The first-order valence-corrected chi connectivity index (χ1v) is 9.30. The first kappa shape index (κ1) is 19.0. The van der Waals surface area contributed by atoms with E-state index in [1.807, 2.05) is 30.3 Å². The molecule has 0 aliphatic heterocycles. The zero-order valence-electron chi connectivity index (χ0n) is 15.4. The number of furan rings is 1. The van der Waals surface area contributed by atoms with Gasteiger partial charge >= 0.3 is 0 Å². The molecule has 0 N–H and O–H groups in total. The minimum Gasteiger partial charge on any atom is -0.472 e. The summed E-state index contributed by atoms with van der Waals surface area (Å²) in [6, 6.07) is 14.7. The zero-order valence-corrected chi connectivity index (χ0v) is 16.2. The molecule has 0 radical (unpaired) electrons. The van der Waals surface area contributed by atoms with Crippen LogP contribution in [0.5, 0.6) is 0 Å². The Balaban J connectivity index is 1.93. The highest BCUT2D eigenvalue weighted by Gasteiger charge is 2.20. The van der Waals surface area contributed by atoms with E-state index in [9.17, 15) is 4.79 Å². The summed E-state index contributed by atoms with van der Waals surface area (Å²) in [5.41, 5.74) is 2.05. The Bertz CT molecular complexity index is 875. The van der Waals surface area contributed by atoms with E-state index in [1.54, 1.807) is 23.1 Å². The van der Waals surface area contributed by atoms with E-state index in [4.69, 9.17) is 21.0 Å². The molecule has 0 fully saturated rings. The topological polar surface area (TPSA) is 49.6 Å². The maximum atomic E-state index is 13.0. The molecule has 0 atom stereocenters. The fourth-order valence-electron chi connectivity index (χ4n) is 2.88. The molecule has 140 valence electrons. The number of nitrogens with zero attached hydrogens (tertiary/aromatic N) is 3. The first-order chi connectivity index (χ1) is 13.1. The molecule has 2 aromatic heterocycles. The van der Waals surface area contributed by atoms with Crippen molar-refractivity contribution in [3.05, 3.63) is 77.3 Å². The summed E-state index contributed by atoms with van der Waals surface area (Å²) in [4.78, 5) is 21.6. The van der Waals surface area contributed by atoms with Crippen LogP contribution in [0, 0.1) is 0 Å². The van der Waals surface area contributed by atoms with E-state index < -0.39 is 0 Å². The molecule has 6 heteroatoms. The van der Waals surface area contributed by atoms with E-state index in [0.717, 1.165) is 30.3 Å². The molecule has 1 amide bonds. The van der Waals surface area contributed by atoms with Crippen molar-refractivity contribution in [2.45, 2.75) is 20.4 Å². The summed E-state index contributed by atoms with van der Waals surface area (Å²) in [7, 11) is 0. The van der Waals surface area contributed by atoms with Gasteiger partial charge in [-0.1, -0.05) is 17.7 Å². The van der Waals surface area contributed by atoms with Crippen LogP contribution in [0.15, 0.2) is 65.5 Å². The van der Waals surface area contributed by atoms with Crippen molar-refractivity contribution < 1.29 is 9.21 Å². The van der Waals surface area contributed by atoms with Gasteiger partial charge in [0.2, 0.25) is 0 Å². The molecule has 27 heavy (non-hydrogen) atoms. The fourth-order valence-corrected chi connectivity index (χ4v) is 3.01. The summed E-state index contributed by atoms with van der Waals surface area (Å²) in [6.45, 7) is 6.30. The molecule has 3 aromatic rings. The minimum atomic E-state index is -0.152. The second kappa shape index (κ2) is 8.73. The number of anilines is 2. The van der Waals surface area contributed by atoms with Crippen molar-refractivity contribution >= 4 is 29.0 Å². The van der Waals surface area contributed by atoms with Crippen LogP contribution in [0.2, 0.25) is 5.02 Å². The Morgan fingerprint density at radius 3 is 2.44 bits per heavy atom. The van der Waals surface area contributed by atoms with Gasteiger partial charge in [0.15, 0.2) is 0 Å². The molecule has 1 aromatic carbocycles. The van der Waals surface area contributed by atoms with E-state index in [-0.39, 0.29) is 5.91 Å². The second-order valence-electron chi connectivity index (χ2n) is 6.04. The Morgan fingerprint density at radius 2 is 1.81 bits per heavy atom. The lowest BCUT2D eigenvalue weighted by molar-refractivity contribution is 0.0984. The third-order valence-electron chi connectivity index (χ3n) is 4.35. The summed E-state index contributed by atoms with van der Waals surface area (Å²) in [5, 5.41) is 0.621. The lowest BCUT2D eigenvalue weighted by Crippen LogP contribution is -2.31. The summed E-state index contributed by atoms with van der Waals surface area (Å²) >= 11 is 6.01. The fraction of sp³-hybridized carbons (Fsp3) is 0.238. The number of carbonyl (C=O) groups excluding carboxylic acids is 1. The standard InChI is InChI=1S/C21H22ClN3O2/c1-3-24(4-2)20-7-5-6-18(23-20)14-25(19-10-8-17(22)9-11-19)21(26)16-12-13-27-15-16/h5-13,15H,3-4,14H2,1-2H3. The number of pyridine rings is 1. The lowest BCUT2D eigenvalue weighted by Gasteiger charge is -2.24. The first-order valence-electron chi connectivity index (χ1n) is 8.93. The van der Waals surface area contributed by atoms with Crippen molar-refractivity contribution in [1.82, 2.24) is 4.98 Å². The molecule has 0 saturated carbocycles. The Morgan fingerprint density at radius 1 is 1.07 bits per heavy atom. The SMILES string of the molecule is CCN(CC)c1cccc(CN(C(=O)c2ccoc2)c2ccc(Cl)cc2)n1. The van der Waals surface area contributed by atoms with Crippen LogP contribution in [-0.4, -0.2) is 24.0 Å². The van der Waals surface area contributed by atoms with Gasteiger partial charge in [-0.2, -0.15) is 0 Å². The number of hydrogen-bond acceptors (Lipinski definition) is 4. The monoisotopic (exact) mass is 383 g/mol. The van der Waals surface area contributed by atoms with Gasteiger partial charge in [0, 0.05) is 23.8 Å². The van der Waals surface area contributed by atoms with Gasteiger partial charge in [-0.3, -0.25) is 4.79 Å². The van der Waals surface area contributed by atoms with Crippen LogP contribution in [-0.2, 0) is 6.54 Å². The van der Waals surface area contributed by atoms with Crippen molar-refractivity contribution in [3.63, 3.8) is 0 Å². The summed E-state index contributed by atoms with van der Waals surface area (Å²) < 4.78 is 5.08. The number of rotatable bonds is 7. The van der Waals surface area contributed by atoms with E-state index in [0.29, 0.717) is 17.1 Å². The molecular formula is C21H22ClN3O2. The average Bonchev–Trinajstić information content (AvgIpc) is 3.23. The zero-order chi connectivity index (χ0) is 19.2. The van der Waals surface area contributed by atoms with E-state index >= 15 is 0 Å². The largest absolute Gasteiger partial charge is 0.472 e. The molecule has 0 saturated heterocycles. The predicted molar refractivity (Wildman–Crippen MR) is 108 cm³/mol. The van der Waals surface area contributed by atoms with Crippen molar-refractivity contribution in [2.75, 3.05) is 22.9 Å². The number of carbonyl (C=O) groups is 1. The number of benzene rings is 1. The molecule has 0 aliphatic rings. The Labute approximate surface area is 164 Å².